The van der Waals surface area contributed by atoms with Crippen molar-refractivity contribution >= 4 is 35.3 Å². The van der Waals surface area contributed by atoms with Crippen molar-refractivity contribution in [3.8, 4) is 11.5 Å². The molecule has 0 atom stereocenters. The average molecular weight is 457 g/mol. The van der Waals surface area contributed by atoms with Gasteiger partial charge in [0, 0.05) is 15.6 Å². The number of rotatable bonds is 7. The van der Waals surface area contributed by atoms with E-state index in [-0.39, 0.29) is 5.91 Å². The lowest BCUT2D eigenvalue weighted by atomic mass is 10.1. The van der Waals surface area contributed by atoms with Crippen LogP contribution in [0.3, 0.4) is 0 Å². The summed E-state index contributed by atoms with van der Waals surface area (Å²) in [7, 11) is 1.52. The number of amides is 1. The van der Waals surface area contributed by atoms with E-state index < -0.39 is 0 Å². The molecule has 1 N–H and O–H groups in total. The molecule has 31 heavy (non-hydrogen) atoms. The Morgan fingerprint density at radius 1 is 1.06 bits per heavy atom. The number of ether oxygens (including phenoxy) is 2. The highest BCUT2D eigenvalue weighted by Gasteiger charge is 2.11. The van der Waals surface area contributed by atoms with E-state index in [4.69, 9.17) is 32.7 Å². The first-order chi connectivity index (χ1) is 14.9. The molecule has 160 valence electrons. The smallest absolute Gasteiger partial charge is 0.275 e. The molecule has 1 amide bonds. The third kappa shape index (κ3) is 5.78. The summed E-state index contributed by atoms with van der Waals surface area (Å²) in [5, 5.41) is 5.22. The molecular weight excluding hydrogens is 435 g/mol. The van der Waals surface area contributed by atoms with Crippen LogP contribution in [0.25, 0.3) is 0 Å². The summed E-state index contributed by atoms with van der Waals surface area (Å²) in [5.41, 5.74) is 6.53. The van der Waals surface area contributed by atoms with Gasteiger partial charge in [-0.25, -0.2) is 5.43 Å². The number of aryl methyl sites for hydroxylation is 2. The average Bonchev–Trinajstić information content (AvgIpc) is 2.74. The van der Waals surface area contributed by atoms with E-state index in [1.165, 1.54) is 7.11 Å². The van der Waals surface area contributed by atoms with Crippen molar-refractivity contribution in [2.75, 3.05) is 7.11 Å². The molecule has 5 nitrogen and oxygen atoms in total. The van der Waals surface area contributed by atoms with Crippen LogP contribution in [0.4, 0.5) is 0 Å². The van der Waals surface area contributed by atoms with Gasteiger partial charge in [0.2, 0.25) is 0 Å². The zero-order chi connectivity index (χ0) is 22.4. The van der Waals surface area contributed by atoms with Gasteiger partial charge in [-0.3, -0.25) is 4.79 Å². The third-order valence-electron chi connectivity index (χ3n) is 4.60. The maximum Gasteiger partial charge on any atom is 0.275 e. The van der Waals surface area contributed by atoms with Crippen molar-refractivity contribution in [3.63, 3.8) is 0 Å². The number of benzene rings is 3. The largest absolute Gasteiger partial charge is 0.496 e. The van der Waals surface area contributed by atoms with E-state index in [9.17, 15) is 4.79 Å². The zero-order valence-corrected chi connectivity index (χ0v) is 18.9. The number of halogens is 2. The summed E-state index contributed by atoms with van der Waals surface area (Å²) in [6, 6.07) is 16.2. The van der Waals surface area contributed by atoms with Crippen molar-refractivity contribution < 1.29 is 14.3 Å². The number of para-hydroxylation sites is 1. The molecule has 0 spiro atoms. The minimum Gasteiger partial charge on any atom is -0.496 e. The van der Waals surface area contributed by atoms with Gasteiger partial charge < -0.3 is 9.47 Å². The Bertz CT molecular complexity index is 1110. The quantitative estimate of drug-likeness (QED) is 0.352. The van der Waals surface area contributed by atoms with Crippen molar-refractivity contribution in [3.05, 3.63) is 92.5 Å². The number of methoxy groups -OCH3 is 1. The molecule has 3 aromatic carbocycles. The van der Waals surface area contributed by atoms with Crippen LogP contribution in [0.5, 0.6) is 11.5 Å². The van der Waals surface area contributed by atoms with Crippen molar-refractivity contribution in [1.82, 2.24) is 5.43 Å². The topological polar surface area (TPSA) is 59.9 Å². The van der Waals surface area contributed by atoms with E-state index in [2.05, 4.69) is 10.5 Å². The second-order valence-corrected chi connectivity index (χ2v) is 7.75. The van der Waals surface area contributed by atoms with Crippen LogP contribution >= 0.6 is 23.2 Å². The van der Waals surface area contributed by atoms with Gasteiger partial charge in [-0.15, -0.1) is 0 Å². The lowest BCUT2D eigenvalue weighted by molar-refractivity contribution is 0.0952. The molecule has 3 aromatic rings. The van der Waals surface area contributed by atoms with E-state index in [0.717, 1.165) is 28.0 Å². The first-order valence-corrected chi connectivity index (χ1v) is 10.3. The molecule has 0 heterocycles. The molecule has 0 aliphatic heterocycles. The van der Waals surface area contributed by atoms with Gasteiger partial charge in [-0.2, -0.15) is 5.10 Å². The molecule has 0 aliphatic rings. The summed E-state index contributed by atoms with van der Waals surface area (Å²) in [6.45, 7) is 4.24. The second kappa shape index (κ2) is 10.3. The van der Waals surface area contributed by atoms with Crippen LogP contribution in [-0.4, -0.2) is 19.2 Å². The highest BCUT2D eigenvalue weighted by atomic mass is 35.5. The molecular formula is C24H22Cl2N2O3. The van der Waals surface area contributed by atoms with Crippen LogP contribution < -0.4 is 14.9 Å². The summed E-state index contributed by atoms with van der Waals surface area (Å²) in [6.07, 6.45) is 1.59. The fraction of sp³-hybridized carbons (Fsp3) is 0.167. The molecule has 0 saturated heterocycles. The number of carbonyl (C=O) groups excluding carboxylic acids is 1. The summed E-state index contributed by atoms with van der Waals surface area (Å²) in [5.74, 6) is 0.923. The number of hydrazone groups is 1. The summed E-state index contributed by atoms with van der Waals surface area (Å²) in [4.78, 5) is 12.3. The van der Waals surface area contributed by atoms with Crippen LogP contribution in [0.15, 0.2) is 59.7 Å². The normalized spacial score (nSPS) is 10.9. The van der Waals surface area contributed by atoms with Gasteiger partial charge in [0.05, 0.1) is 18.9 Å². The van der Waals surface area contributed by atoms with Crippen LogP contribution in [0.2, 0.25) is 10.0 Å². The number of hydrogen-bond donors (Lipinski definition) is 1. The zero-order valence-electron chi connectivity index (χ0n) is 17.4. The van der Waals surface area contributed by atoms with E-state index in [1.54, 1.807) is 42.6 Å². The van der Waals surface area contributed by atoms with Crippen molar-refractivity contribution in [1.29, 1.82) is 0 Å². The van der Waals surface area contributed by atoms with E-state index >= 15 is 0 Å². The predicted octanol–water partition coefficient (Wildman–Crippen LogP) is 5.96. The maximum absolute atomic E-state index is 12.3. The molecule has 0 aromatic heterocycles. The van der Waals surface area contributed by atoms with Crippen molar-refractivity contribution in [2.24, 2.45) is 5.10 Å². The molecule has 0 radical (unpaired) electrons. The van der Waals surface area contributed by atoms with Crippen LogP contribution in [0, 0.1) is 13.8 Å². The first kappa shape index (κ1) is 22.7. The Morgan fingerprint density at radius 3 is 2.45 bits per heavy atom. The van der Waals surface area contributed by atoms with Gasteiger partial charge >= 0.3 is 0 Å². The first-order valence-electron chi connectivity index (χ1n) is 9.53. The molecule has 3 rings (SSSR count). The van der Waals surface area contributed by atoms with Crippen LogP contribution in [0.1, 0.15) is 32.6 Å². The third-order valence-corrected chi connectivity index (χ3v) is 5.19. The molecule has 0 saturated carbocycles. The molecule has 7 heteroatoms. The standard InChI is InChI=1S/C24H22Cl2N2O3/c1-15-10-17(13-27-28-24(29)20-6-4-5-7-22(20)30-3)11-16(2)23(15)31-14-18-8-9-19(25)12-21(18)26/h4-13H,14H2,1-3H3,(H,28,29)/b27-13-. The summed E-state index contributed by atoms with van der Waals surface area (Å²) >= 11 is 12.2. The minimum atomic E-state index is -0.345. The molecule has 0 unspecified atom stereocenters. The van der Waals surface area contributed by atoms with Gasteiger partial charge in [0.25, 0.3) is 5.91 Å². The lowest BCUT2D eigenvalue weighted by Gasteiger charge is -2.14. The minimum absolute atomic E-state index is 0.333. The second-order valence-electron chi connectivity index (χ2n) is 6.91. The maximum atomic E-state index is 12.3. The lowest BCUT2D eigenvalue weighted by Crippen LogP contribution is -2.18. The highest BCUT2D eigenvalue weighted by Crippen LogP contribution is 2.27. The van der Waals surface area contributed by atoms with Gasteiger partial charge in [0.15, 0.2) is 0 Å². The molecule has 0 bridgehead atoms. The van der Waals surface area contributed by atoms with Crippen LogP contribution in [-0.2, 0) is 6.61 Å². The van der Waals surface area contributed by atoms with Gasteiger partial charge in [-0.05, 0) is 66.9 Å². The Kier molecular flexibility index (Phi) is 7.55. The number of nitrogens with zero attached hydrogens (tertiary/aromatic N) is 1. The predicted molar refractivity (Wildman–Crippen MR) is 125 cm³/mol. The van der Waals surface area contributed by atoms with Crippen molar-refractivity contribution in [2.45, 2.75) is 20.5 Å². The fourth-order valence-electron chi connectivity index (χ4n) is 3.13. The number of nitrogens with one attached hydrogen (secondary N) is 1. The molecule has 0 aliphatic carbocycles. The number of carbonyl (C=O) groups is 1. The Labute approximate surface area is 191 Å². The highest BCUT2D eigenvalue weighted by molar-refractivity contribution is 6.35. The SMILES string of the molecule is COc1ccccc1C(=O)N/N=C\c1cc(C)c(OCc2ccc(Cl)cc2Cl)c(C)c1. The van der Waals surface area contributed by atoms with Gasteiger partial charge in [0.1, 0.15) is 18.1 Å². The fourth-order valence-corrected chi connectivity index (χ4v) is 3.60. The van der Waals surface area contributed by atoms with E-state index in [1.807, 2.05) is 32.0 Å². The molecule has 0 fully saturated rings. The monoisotopic (exact) mass is 456 g/mol. The van der Waals surface area contributed by atoms with Gasteiger partial charge in [-0.1, -0.05) is 41.4 Å². The Morgan fingerprint density at radius 2 is 1.77 bits per heavy atom. The van der Waals surface area contributed by atoms with E-state index in [0.29, 0.717) is 28.0 Å². The summed E-state index contributed by atoms with van der Waals surface area (Å²) < 4.78 is 11.2. The Hall–Kier alpha value is -3.02. The number of hydrogen-bond acceptors (Lipinski definition) is 4. The Balaban J connectivity index is 1.67.